The molecule has 3 atom stereocenters. The summed E-state index contributed by atoms with van der Waals surface area (Å²) in [4.78, 5) is 2.56. The lowest BCUT2D eigenvalue weighted by molar-refractivity contribution is 0.304. The van der Waals surface area contributed by atoms with Crippen molar-refractivity contribution in [3.8, 4) is 0 Å². The van der Waals surface area contributed by atoms with Gasteiger partial charge in [-0.05, 0) is 24.3 Å². The Morgan fingerprint density at radius 2 is 1.89 bits per heavy atom. The Bertz CT molecular complexity index is 110. The second kappa shape index (κ2) is 1.72. The minimum absolute atomic E-state index is 1.06. The smallest absolute Gasteiger partial charge is 0.00156 e. The second-order valence-electron chi connectivity index (χ2n) is 3.54. The molecule has 0 radical (unpaired) electrons. The molecular formula is C8H15N. The fourth-order valence-corrected chi connectivity index (χ4v) is 2.17. The lowest BCUT2D eigenvalue weighted by atomic mass is 10.3. The first-order valence-corrected chi connectivity index (χ1v) is 4.05. The minimum atomic E-state index is 1.06. The zero-order valence-electron chi connectivity index (χ0n) is 6.30. The van der Waals surface area contributed by atoms with Gasteiger partial charge in [0.2, 0.25) is 0 Å². The van der Waals surface area contributed by atoms with Crippen LogP contribution in [0.2, 0.25) is 0 Å². The molecule has 1 aliphatic heterocycles. The summed E-state index contributed by atoms with van der Waals surface area (Å²) in [7, 11) is 0. The van der Waals surface area contributed by atoms with E-state index in [1.54, 1.807) is 0 Å². The van der Waals surface area contributed by atoms with Crippen LogP contribution in [0.25, 0.3) is 0 Å². The van der Waals surface area contributed by atoms with Gasteiger partial charge in [0.1, 0.15) is 0 Å². The predicted octanol–water partition coefficient (Wildman–Crippen LogP) is 1.20. The lowest BCUT2D eigenvalue weighted by Crippen LogP contribution is -2.23. The SMILES string of the molecule is CCN1C[C@@H]2C(C)[C@@H]2C1. The molecule has 2 fully saturated rings. The predicted molar refractivity (Wildman–Crippen MR) is 38.3 cm³/mol. The van der Waals surface area contributed by atoms with Crippen LogP contribution in [0.15, 0.2) is 0 Å². The molecule has 2 rings (SSSR count). The molecule has 1 aliphatic carbocycles. The molecular weight excluding hydrogens is 110 g/mol. The van der Waals surface area contributed by atoms with Crippen molar-refractivity contribution in [2.45, 2.75) is 13.8 Å². The van der Waals surface area contributed by atoms with Crippen LogP contribution in [-0.2, 0) is 0 Å². The third kappa shape index (κ3) is 0.710. The van der Waals surface area contributed by atoms with E-state index in [4.69, 9.17) is 0 Å². The van der Waals surface area contributed by atoms with Crippen LogP contribution in [-0.4, -0.2) is 24.5 Å². The van der Waals surface area contributed by atoms with Gasteiger partial charge >= 0.3 is 0 Å². The molecule has 1 unspecified atom stereocenters. The van der Waals surface area contributed by atoms with E-state index in [1.165, 1.54) is 19.6 Å². The summed E-state index contributed by atoms with van der Waals surface area (Å²) < 4.78 is 0. The molecule has 1 heterocycles. The van der Waals surface area contributed by atoms with Crippen LogP contribution in [0, 0.1) is 17.8 Å². The maximum Gasteiger partial charge on any atom is 0.00156 e. The summed E-state index contributed by atoms with van der Waals surface area (Å²) >= 11 is 0. The van der Waals surface area contributed by atoms with E-state index in [2.05, 4.69) is 18.7 Å². The Balaban J connectivity index is 1.89. The van der Waals surface area contributed by atoms with Crippen molar-refractivity contribution in [3.05, 3.63) is 0 Å². The third-order valence-corrected chi connectivity index (χ3v) is 3.15. The highest BCUT2D eigenvalue weighted by molar-refractivity contribution is 5.02. The zero-order chi connectivity index (χ0) is 6.43. The largest absolute Gasteiger partial charge is 0.303 e. The number of hydrogen-bond acceptors (Lipinski definition) is 1. The maximum absolute atomic E-state index is 2.56. The Hall–Kier alpha value is -0.0400. The molecule has 1 saturated heterocycles. The van der Waals surface area contributed by atoms with Gasteiger partial charge in [0, 0.05) is 13.1 Å². The molecule has 0 bridgehead atoms. The Morgan fingerprint density at radius 3 is 2.33 bits per heavy atom. The first-order chi connectivity index (χ1) is 4.33. The van der Waals surface area contributed by atoms with E-state index in [0.29, 0.717) is 0 Å². The monoisotopic (exact) mass is 125 g/mol. The van der Waals surface area contributed by atoms with Crippen molar-refractivity contribution < 1.29 is 0 Å². The van der Waals surface area contributed by atoms with Crippen LogP contribution in [0.4, 0.5) is 0 Å². The highest BCUT2D eigenvalue weighted by Crippen LogP contribution is 2.50. The topological polar surface area (TPSA) is 3.24 Å². The average molecular weight is 125 g/mol. The number of nitrogens with zero attached hydrogens (tertiary/aromatic N) is 1. The van der Waals surface area contributed by atoms with Crippen LogP contribution < -0.4 is 0 Å². The minimum Gasteiger partial charge on any atom is -0.303 e. The molecule has 0 aromatic carbocycles. The van der Waals surface area contributed by atoms with E-state index in [0.717, 1.165) is 17.8 Å². The van der Waals surface area contributed by atoms with Gasteiger partial charge in [-0.1, -0.05) is 13.8 Å². The molecule has 9 heavy (non-hydrogen) atoms. The van der Waals surface area contributed by atoms with Crippen molar-refractivity contribution in [1.82, 2.24) is 4.90 Å². The number of fused-ring (bicyclic) bond motifs is 1. The van der Waals surface area contributed by atoms with Gasteiger partial charge < -0.3 is 4.90 Å². The molecule has 0 N–H and O–H groups in total. The van der Waals surface area contributed by atoms with Gasteiger partial charge in [-0.2, -0.15) is 0 Å². The average Bonchev–Trinajstić information content (AvgIpc) is 2.32. The molecule has 52 valence electrons. The van der Waals surface area contributed by atoms with Gasteiger partial charge in [0.15, 0.2) is 0 Å². The van der Waals surface area contributed by atoms with Crippen molar-refractivity contribution in [2.24, 2.45) is 17.8 Å². The van der Waals surface area contributed by atoms with Gasteiger partial charge in [0.25, 0.3) is 0 Å². The summed E-state index contributed by atoms with van der Waals surface area (Å²) in [5.41, 5.74) is 0. The second-order valence-corrected chi connectivity index (χ2v) is 3.54. The Morgan fingerprint density at radius 1 is 1.33 bits per heavy atom. The van der Waals surface area contributed by atoms with Crippen molar-refractivity contribution in [2.75, 3.05) is 19.6 Å². The van der Waals surface area contributed by atoms with Crippen LogP contribution in [0.1, 0.15) is 13.8 Å². The molecule has 0 amide bonds. The van der Waals surface area contributed by atoms with E-state index in [1.807, 2.05) is 0 Å². The summed E-state index contributed by atoms with van der Waals surface area (Å²) in [5.74, 6) is 3.24. The van der Waals surface area contributed by atoms with E-state index >= 15 is 0 Å². The standard InChI is InChI=1S/C8H15N/c1-3-9-4-7-6(2)8(7)5-9/h6-8H,3-5H2,1-2H3/t6?,7-,8+. The Labute approximate surface area is 57.0 Å². The fourth-order valence-electron chi connectivity index (χ4n) is 2.17. The number of likely N-dealkylation sites (tertiary alicyclic amines) is 1. The number of piperidine rings is 1. The van der Waals surface area contributed by atoms with Gasteiger partial charge in [0.05, 0.1) is 0 Å². The van der Waals surface area contributed by atoms with E-state index in [-0.39, 0.29) is 0 Å². The summed E-state index contributed by atoms with van der Waals surface area (Å²) in [5, 5.41) is 0. The summed E-state index contributed by atoms with van der Waals surface area (Å²) in [6.45, 7) is 8.70. The highest BCUT2D eigenvalue weighted by atomic mass is 15.2. The van der Waals surface area contributed by atoms with Crippen molar-refractivity contribution >= 4 is 0 Å². The molecule has 1 saturated carbocycles. The van der Waals surface area contributed by atoms with Crippen LogP contribution >= 0.6 is 0 Å². The zero-order valence-corrected chi connectivity index (χ0v) is 6.30. The summed E-state index contributed by atoms with van der Waals surface area (Å²) in [6.07, 6.45) is 0. The molecule has 2 aliphatic rings. The third-order valence-electron chi connectivity index (χ3n) is 3.15. The first-order valence-electron chi connectivity index (χ1n) is 4.05. The quantitative estimate of drug-likeness (QED) is 0.509. The molecule has 0 aromatic rings. The number of rotatable bonds is 1. The lowest BCUT2D eigenvalue weighted by Gasteiger charge is -2.14. The molecule has 0 spiro atoms. The Kier molecular flexibility index (Phi) is 1.10. The maximum atomic E-state index is 2.56. The van der Waals surface area contributed by atoms with Crippen LogP contribution in [0.5, 0.6) is 0 Å². The van der Waals surface area contributed by atoms with Gasteiger partial charge in [-0.25, -0.2) is 0 Å². The highest BCUT2D eigenvalue weighted by Gasteiger charge is 2.51. The number of hydrogen-bond donors (Lipinski definition) is 0. The van der Waals surface area contributed by atoms with Gasteiger partial charge in [-0.3, -0.25) is 0 Å². The molecule has 1 heteroatoms. The van der Waals surface area contributed by atoms with E-state index in [9.17, 15) is 0 Å². The van der Waals surface area contributed by atoms with Gasteiger partial charge in [-0.15, -0.1) is 0 Å². The van der Waals surface area contributed by atoms with E-state index < -0.39 is 0 Å². The fraction of sp³-hybridized carbons (Fsp3) is 1.00. The summed E-state index contributed by atoms with van der Waals surface area (Å²) in [6, 6.07) is 0. The normalized spacial score (nSPS) is 49.3. The molecule has 1 nitrogen and oxygen atoms in total. The first kappa shape index (κ1) is 5.72. The van der Waals surface area contributed by atoms with Crippen LogP contribution in [0.3, 0.4) is 0 Å². The molecule has 0 aromatic heterocycles. The van der Waals surface area contributed by atoms with Crippen molar-refractivity contribution in [1.29, 1.82) is 0 Å². The van der Waals surface area contributed by atoms with Crippen molar-refractivity contribution in [3.63, 3.8) is 0 Å².